The molecule has 0 aromatic rings. The summed E-state index contributed by atoms with van der Waals surface area (Å²) in [7, 11) is 0. The first-order chi connectivity index (χ1) is 7.58. The molecule has 3 nitrogen and oxygen atoms in total. The normalized spacial score (nSPS) is 17.2. The molecule has 0 heterocycles. The molecule has 0 spiro atoms. The zero-order valence-electron chi connectivity index (χ0n) is 7.50. The van der Waals surface area contributed by atoms with Crippen LogP contribution in [0.15, 0.2) is 0 Å². The lowest BCUT2D eigenvalue weighted by atomic mass is 10.3. The lowest BCUT2D eigenvalue weighted by Crippen LogP contribution is -2.55. The zero-order chi connectivity index (χ0) is 15.0. The Morgan fingerprint density at radius 2 is 1.11 bits per heavy atom. The Balaban J connectivity index is 5.31. The Morgan fingerprint density at radius 3 is 1.33 bits per heavy atom. The van der Waals surface area contributed by atoms with Gasteiger partial charge in [-0.15, -0.1) is 26.3 Å². The van der Waals surface area contributed by atoms with Crippen molar-refractivity contribution in [3.63, 3.8) is 0 Å². The van der Waals surface area contributed by atoms with Crippen molar-refractivity contribution in [2.75, 3.05) is 0 Å². The minimum Gasteiger partial charge on any atom is -0.368 e. The topological polar surface area (TPSA) is 35.5 Å². The molecule has 0 aliphatic heterocycles. The summed E-state index contributed by atoms with van der Waals surface area (Å²) in [5, 5.41) is 0. The van der Waals surface area contributed by atoms with E-state index in [0.29, 0.717) is 0 Å². The number of hydrogen-bond donors (Lipinski definition) is 0. The second-order valence-corrected chi connectivity index (χ2v) is 2.48. The van der Waals surface area contributed by atoms with Crippen molar-refractivity contribution in [2.45, 2.75) is 24.8 Å². The summed E-state index contributed by atoms with van der Waals surface area (Å²) in [5.41, 5.74) is 0. The van der Waals surface area contributed by atoms with Crippen LogP contribution in [0.4, 0.5) is 43.9 Å². The van der Waals surface area contributed by atoms with E-state index >= 15 is 0 Å². The fourth-order valence-electron chi connectivity index (χ4n) is 0.545. The monoisotopic (exact) mass is 298 g/mol. The second-order valence-electron chi connectivity index (χ2n) is 2.48. The van der Waals surface area contributed by atoms with Crippen molar-refractivity contribution in [3.05, 3.63) is 0 Å². The van der Waals surface area contributed by atoms with Gasteiger partial charge in [-0.25, -0.2) is 9.53 Å². The number of ether oxygens (including phenoxy) is 2. The van der Waals surface area contributed by atoms with Crippen LogP contribution in [0.25, 0.3) is 0 Å². The Morgan fingerprint density at radius 1 is 0.722 bits per heavy atom. The molecule has 0 aromatic carbocycles. The number of halogens is 10. The van der Waals surface area contributed by atoms with E-state index in [9.17, 15) is 48.7 Å². The van der Waals surface area contributed by atoms with Crippen LogP contribution >= 0.6 is 0 Å². The second kappa shape index (κ2) is 4.44. The van der Waals surface area contributed by atoms with Gasteiger partial charge < -0.3 is 4.74 Å². The largest absolute Gasteiger partial charge is 0.575 e. The molecule has 0 radical (unpaired) electrons. The highest BCUT2D eigenvalue weighted by Crippen LogP contribution is 2.41. The zero-order valence-corrected chi connectivity index (χ0v) is 7.50. The van der Waals surface area contributed by atoms with Crippen LogP contribution in [0.3, 0.4) is 0 Å². The highest BCUT2D eigenvalue weighted by molar-refractivity contribution is 5.79. The highest BCUT2D eigenvalue weighted by Gasteiger charge is 2.70. The first-order valence-electron chi connectivity index (χ1n) is 3.41. The predicted molar refractivity (Wildman–Crippen MR) is 29.2 cm³/mol. The van der Waals surface area contributed by atoms with Gasteiger partial charge in [0, 0.05) is 0 Å². The molecule has 13 heteroatoms. The minimum absolute atomic E-state index is 1.73. The summed E-state index contributed by atoms with van der Waals surface area (Å²) in [4.78, 5) is 10.1. The lowest BCUT2D eigenvalue weighted by molar-refractivity contribution is -0.442. The summed E-state index contributed by atoms with van der Waals surface area (Å²) in [6.45, 7) is 0. The van der Waals surface area contributed by atoms with Crippen molar-refractivity contribution < 1.29 is 58.2 Å². The first-order valence-corrected chi connectivity index (χ1v) is 3.41. The van der Waals surface area contributed by atoms with Gasteiger partial charge in [0.05, 0.1) is 0 Å². The lowest BCUT2D eigenvalue weighted by Gasteiger charge is -2.26. The molecular formula is C5F10O3. The maximum atomic E-state index is 12.7. The van der Waals surface area contributed by atoms with Crippen LogP contribution in [-0.2, 0) is 14.3 Å². The maximum Gasteiger partial charge on any atom is 0.575 e. The molecule has 0 rings (SSSR count). The van der Waals surface area contributed by atoms with E-state index in [0.717, 1.165) is 0 Å². The van der Waals surface area contributed by atoms with Crippen molar-refractivity contribution in [3.8, 4) is 0 Å². The number of rotatable bonds is 2. The van der Waals surface area contributed by atoms with Crippen LogP contribution in [0.2, 0.25) is 0 Å². The van der Waals surface area contributed by atoms with Gasteiger partial charge in [-0.1, -0.05) is 0 Å². The molecular weight excluding hydrogens is 298 g/mol. The molecule has 0 aliphatic rings. The van der Waals surface area contributed by atoms with Gasteiger partial charge in [0.25, 0.3) is 0 Å². The molecule has 1 unspecified atom stereocenters. The number of alkyl halides is 10. The Bertz CT molecular complexity index is 313. The van der Waals surface area contributed by atoms with Crippen LogP contribution in [-0.4, -0.2) is 30.7 Å². The van der Waals surface area contributed by atoms with E-state index in [1.807, 2.05) is 4.74 Å². The third-order valence-corrected chi connectivity index (χ3v) is 1.09. The van der Waals surface area contributed by atoms with Gasteiger partial charge in [-0.05, 0) is 0 Å². The third-order valence-electron chi connectivity index (χ3n) is 1.09. The number of esters is 1. The van der Waals surface area contributed by atoms with Crippen molar-refractivity contribution in [1.82, 2.24) is 0 Å². The molecule has 0 fully saturated rings. The van der Waals surface area contributed by atoms with Crippen molar-refractivity contribution >= 4 is 5.97 Å². The average Bonchev–Trinajstić information content (AvgIpc) is 1.94. The third kappa shape index (κ3) is 4.54. The van der Waals surface area contributed by atoms with Crippen LogP contribution in [0.1, 0.15) is 0 Å². The summed E-state index contributed by atoms with van der Waals surface area (Å²) < 4.78 is 120. The van der Waals surface area contributed by atoms with Gasteiger partial charge in [0.15, 0.2) is 0 Å². The summed E-state index contributed by atoms with van der Waals surface area (Å²) in [6.07, 6.45) is -19.2. The van der Waals surface area contributed by atoms with E-state index < -0.39 is 30.7 Å². The molecule has 0 saturated heterocycles. The minimum atomic E-state index is -6.73. The Hall–Kier alpha value is -1.27. The van der Waals surface area contributed by atoms with E-state index in [1.165, 1.54) is 0 Å². The highest BCUT2D eigenvalue weighted by atomic mass is 19.4. The van der Waals surface area contributed by atoms with Crippen molar-refractivity contribution in [1.29, 1.82) is 0 Å². The molecule has 0 aliphatic carbocycles. The average molecular weight is 298 g/mol. The SMILES string of the molecule is O=C(OC(F)(F)F)C(F)(OC(F)(F)F)C(F)(F)F. The molecule has 0 aromatic heterocycles. The Labute approximate surface area is 90.2 Å². The summed E-state index contributed by atoms with van der Waals surface area (Å²) in [5.74, 6) is -10.3. The fraction of sp³-hybridized carbons (Fsp3) is 0.800. The fourth-order valence-corrected chi connectivity index (χ4v) is 0.545. The van der Waals surface area contributed by atoms with E-state index in [4.69, 9.17) is 0 Å². The maximum absolute atomic E-state index is 12.7. The quantitative estimate of drug-likeness (QED) is 0.581. The molecule has 0 N–H and O–H groups in total. The van der Waals surface area contributed by atoms with E-state index in [1.54, 1.807) is 4.74 Å². The van der Waals surface area contributed by atoms with Crippen LogP contribution < -0.4 is 0 Å². The van der Waals surface area contributed by atoms with Crippen LogP contribution in [0, 0.1) is 0 Å². The molecule has 0 saturated carbocycles. The van der Waals surface area contributed by atoms with Crippen molar-refractivity contribution in [2.24, 2.45) is 0 Å². The summed E-state index contributed by atoms with van der Waals surface area (Å²) in [6, 6.07) is 0. The van der Waals surface area contributed by atoms with Gasteiger partial charge in [0.1, 0.15) is 0 Å². The molecule has 0 bridgehead atoms. The van der Waals surface area contributed by atoms with E-state index in [-0.39, 0.29) is 0 Å². The van der Waals surface area contributed by atoms with E-state index in [2.05, 4.69) is 0 Å². The first kappa shape index (κ1) is 16.7. The molecule has 1 atom stereocenters. The smallest absolute Gasteiger partial charge is 0.368 e. The van der Waals surface area contributed by atoms with Gasteiger partial charge in [0.2, 0.25) is 0 Å². The van der Waals surface area contributed by atoms with Gasteiger partial charge >= 0.3 is 30.7 Å². The van der Waals surface area contributed by atoms with Gasteiger partial charge in [-0.2, -0.15) is 17.6 Å². The summed E-state index contributed by atoms with van der Waals surface area (Å²) >= 11 is 0. The Kier molecular flexibility index (Phi) is 4.13. The molecule has 0 amide bonds. The molecule has 108 valence electrons. The number of hydrogen-bond acceptors (Lipinski definition) is 3. The number of carbonyl (C=O) groups is 1. The predicted octanol–water partition coefficient (Wildman–Crippen LogP) is 2.81. The van der Waals surface area contributed by atoms with Gasteiger partial charge in [-0.3, -0.25) is 0 Å². The molecule has 18 heavy (non-hydrogen) atoms. The number of carbonyl (C=O) groups excluding carboxylic acids is 1. The standard InChI is InChI=1S/C5F10O3/c6-2(3(7,8)9,18-5(13,14)15)1(16)17-4(10,11)12. The van der Waals surface area contributed by atoms with Crippen LogP contribution in [0.5, 0.6) is 0 Å².